The summed E-state index contributed by atoms with van der Waals surface area (Å²) in [5.74, 6) is 0.702. The summed E-state index contributed by atoms with van der Waals surface area (Å²) < 4.78 is 36.5. The molecular weight excluding hydrogens is 462 g/mol. The van der Waals surface area contributed by atoms with Crippen LogP contribution in [-0.4, -0.2) is 40.4 Å². The summed E-state index contributed by atoms with van der Waals surface area (Å²) >= 11 is 9.25. The smallest absolute Gasteiger partial charge is 0.260 e. The molecule has 1 aromatic carbocycles. The maximum atomic E-state index is 12.2. The number of furan rings is 1. The van der Waals surface area contributed by atoms with E-state index in [0.717, 1.165) is 15.0 Å². The van der Waals surface area contributed by atoms with Gasteiger partial charge in [0, 0.05) is 11.1 Å². The number of hydrazone groups is 1. The Kier molecular flexibility index (Phi) is 6.90. The predicted octanol–water partition coefficient (Wildman–Crippen LogP) is 2.93. The van der Waals surface area contributed by atoms with Gasteiger partial charge in [-0.05, 0) is 41.1 Å². The summed E-state index contributed by atoms with van der Waals surface area (Å²) in [7, 11) is -2.39. The standard InChI is InChI=1S/C16H17BrClN3O5S/c1-10-13(17)7-12(26-10)8-19-20-16(22)9-21(27(3,23)24)14-6-11(18)4-5-15(14)25-2/h4-8H,9H2,1-3H3,(H,20,22)/b19-8-. The molecule has 8 nitrogen and oxygen atoms in total. The molecule has 146 valence electrons. The van der Waals surface area contributed by atoms with Crippen molar-refractivity contribution >= 4 is 55.4 Å². The van der Waals surface area contributed by atoms with Crippen LogP contribution in [0.3, 0.4) is 0 Å². The van der Waals surface area contributed by atoms with Gasteiger partial charge >= 0.3 is 0 Å². The molecule has 0 aliphatic carbocycles. The number of ether oxygens (including phenoxy) is 1. The van der Waals surface area contributed by atoms with Crippen LogP contribution in [0.2, 0.25) is 5.02 Å². The maximum absolute atomic E-state index is 12.2. The number of methoxy groups -OCH3 is 1. The predicted molar refractivity (Wildman–Crippen MR) is 107 cm³/mol. The van der Waals surface area contributed by atoms with Gasteiger partial charge in [-0.3, -0.25) is 9.10 Å². The molecule has 0 aliphatic heterocycles. The molecule has 0 saturated carbocycles. The number of anilines is 1. The first-order valence-corrected chi connectivity index (χ1v) is 10.5. The van der Waals surface area contributed by atoms with E-state index in [1.54, 1.807) is 19.1 Å². The van der Waals surface area contributed by atoms with Gasteiger partial charge in [-0.1, -0.05) is 11.6 Å². The summed E-state index contributed by atoms with van der Waals surface area (Å²) in [4.78, 5) is 12.2. The van der Waals surface area contributed by atoms with Crippen LogP contribution in [0.4, 0.5) is 5.69 Å². The number of amides is 1. The molecule has 11 heteroatoms. The molecule has 1 N–H and O–H groups in total. The number of nitrogens with zero attached hydrogens (tertiary/aromatic N) is 2. The molecule has 2 rings (SSSR count). The van der Waals surface area contributed by atoms with Crippen LogP contribution in [0, 0.1) is 6.92 Å². The van der Waals surface area contributed by atoms with Crippen molar-refractivity contribution in [1.29, 1.82) is 0 Å². The number of carbonyl (C=O) groups is 1. The monoisotopic (exact) mass is 477 g/mol. The van der Waals surface area contributed by atoms with Gasteiger partial charge in [-0.25, -0.2) is 13.8 Å². The molecular formula is C16H17BrClN3O5S. The Morgan fingerprint density at radius 2 is 2.15 bits per heavy atom. The van der Waals surface area contributed by atoms with Crippen LogP contribution in [0.5, 0.6) is 5.75 Å². The van der Waals surface area contributed by atoms with E-state index in [4.69, 9.17) is 20.8 Å². The number of aryl methyl sites for hydroxylation is 1. The second-order valence-corrected chi connectivity index (χ2v) is 8.63. The fourth-order valence-corrected chi connectivity index (χ4v) is 3.44. The molecule has 0 saturated heterocycles. The largest absolute Gasteiger partial charge is 0.495 e. The number of hydrogen-bond acceptors (Lipinski definition) is 6. The van der Waals surface area contributed by atoms with Gasteiger partial charge in [0.1, 0.15) is 23.8 Å². The molecule has 1 heterocycles. The van der Waals surface area contributed by atoms with Crippen LogP contribution in [-0.2, 0) is 14.8 Å². The Morgan fingerprint density at radius 1 is 1.44 bits per heavy atom. The number of halogens is 2. The SMILES string of the molecule is COc1ccc(Cl)cc1N(CC(=O)N/N=C\c1cc(Br)c(C)o1)S(C)(=O)=O. The van der Waals surface area contributed by atoms with E-state index in [9.17, 15) is 13.2 Å². The number of hydrogen-bond donors (Lipinski definition) is 1. The summed E-state index contributed by atoms with van der Waals surface area (Å²) in [5.41, 5.74) is 2.41. The zero-order valence-corrected chi connectivity index (χ0v) is 17.9. The van der Waals surface area contributed by atoms with Gasteiger partial charge in [0.25, 0.3) is 5.91 Å². The first-order valence-electron chi connectivity index (χ1n) is 7.51. The fraction of sp³-hybridized carbons (Fsp3) is 0.250. The van der Waals surface area contributed by atoms with E-state index in [0.29, 0.717) is 16.5 Å². The second kappa shape index (κ2) is 8.77. The molecule has 1 amide bonds. The highest BCUT2D eigenvalue weighted by molar-refractivity contribution is 9.10. The van der Waals surface area contributed by atoms with Crippen molar-refractivity contribution in [3.8, 4) is 5.75 Å². The quantitative estimate of drug-likeness (QED) is 0.487. The zero-order chi connectivity index (χ0) is 20.2. The van der Waals surface area contributed by atoms with E-state index in [1.165, 1.54) is 25.5 Å². The number of nitrogens with one attached hydrogen (secondary N) is 1. The van der Waals surface area contributed by atoms with Crippen LogP contribution in [0.25, 0.3) is 0 Å². The summed E-state index contributed by atoms with van der Waals surface area (Å²) in [6.07, 6.45) is 2.29. The molecule has 2 aromatic rings. The third-order valence-electron chi connectivity index (χ3n) is 3.35. The minimum Gasteiger partial charge on any atom is -0.495 e. The molecule has 0 spiro atoms. The van der Waals surface area contributed by atoms with Crippen molar-refractivity contribution < 1.29 is 22.4 Å². The first kappa shape index (κ1) is 21.3. The second-order valence-electron chi connectivity index (χ2n) is 5.43. The molecule has 0 unspecified atom stereocenters. The maximum Gasteiger partial charge on any atom is 0.260 e. The minimum atomic E-state index is -3.78. The Morgan fingerprint density at radius 3 is 2.70 bits per heavy atom. The van der Waals surface area contributed by atoms with Gasteiger partial charge in [0.15, 0.2) is 0 Å². The van der Waals surface area contributed by atoms with Crippen LogP contribution in [0.1, 0.15) is 11.5 Å². The Balaban J connectivity index is 2.17. The average Bonchev–Trinajstić information content (AvgIpc) is 2.89. The Hall–Kier alpha value is -2.04. The minimum absolute atomic E-state index is 0.150. The number of benzene rings is 1. The number of sulfonamides is 1. The van der Waals surface area contributed by atoms with Gasteiger partial charge < -0.3 is 9.15 Å². The van der Waals surface area contributed by atoms with Crippen LogP contribution < -0.4 is 14.5 Å². The molecule has 0 atom stereocenters. The normalized spacial score (nSPS) is 11.6. The summed E-state index contributed by atoms with van der Waals surface area (Å²) in [5, 5.41) is 4.07. The van der Waals surface area contributed by atoms with Crippen molar-refractivity contribution in [2.24, 2.45) is 5.10 Å². The lowest BCUT2D eigenvalue weighted by atomic mass is 10.3. The molecule has 0 radical (unpaired) electrons. The first-order chi connectivity index (χ1) is 12.6. The van der Waals surface area contributed by atoms with E-state index in [1.807, 2.05) is 0 Å². The third-order valence-corrected chi connectivity index (χ3v) is 5.50. The lowest BCUT2D eigenvalue weighted by molar-refractivity contribution is -0.119. The van der Waals surface area contributed by atoms with E-state index < -0.39 is 22.5 Å². The van der Waals surface area contributed by atoms with Gasteiger partial charge in [-0.2, -0.15) is 5.10 Å². The zero-order valence-electron chi connectivity index (χ0n) is 14.7. The van der Waals surface area contributed by atoms with Crippen molar-refractivity contribution in [2.75, 3.05) is 24.2 Å². The van der Waals surface area contributed by atoms with Crippen molar-refractivity contribution in [1.82, 2.24) is 5.43 Å². The van der Waals surface area contributed by atoms with E-state index >= 15 is 0 Å². The van der Waals surface area contributed by atoms with Gasteiger partial charge in [0.05, 0.1) is 29.7 Å². The van der Waals surface area contributed by atoms with Crippen molar-refractivity contribution in [3.63, 3.8) is 0 Å². The van der Waals surface area contributed by atoms with E-state index in [2.05, 4.69) is 26.5 Å². The highest BCUT2D eigenvalue weighted by Crippen LogP contribution is 2.32. The average molecular weight is 479 g/mol. The molecule has 0 fully saturated rings. The molecule has 0 aliphatic rings. The van der Waals surface area contributed by atoms with Gasteiger partial charge in [-0.15, -0.1) is 0 Å². The van der Waals surface area contributed by atoms with Crippen molar-refractivity contribution in [2.45, 2.75) is 6.92 Å². The highest BCUT2D eigenvalue weighted by Gasteiger charge is 2.24. The third kappa shape index (κ3) is 5.72. The number of rotatable bonds is 7. The van der Waals surface area contributed by atoms with E-state index in [-0.39, 0.29) is 11.4 Å². The molecule has 0 bridgehead atoms. The Bertz CT molecular complexity index is 955. The van der Waals surface area contributed by atoms with Crippen molar-refractivity contribution in [3.05, 3.63) is 45.3 Å². The van der Waals surface area contributed by atoms with Gasteiger partial charge in [0.2, 0.25) is 10.0 Å². The molecule has 27 heavy (non-hydrogen) atoms. The van der Waals surface area contributed by atoms with Crippen LogP contribution in [0.15, 0.2) is 38.3 Å². The highest BCUT2D eigenvalue weighted by atomic mass is 79.9. The molecule has 1 aromatic heterocycles. The lowest BCUT2D eigenvalue weighted by Gasteiger charge is -2.23. The lowest BCUT2D eigenvalue weighted by Crippen LogP contribution is -2.39. The summed E-state index contributed by atoms with van der Waals surface area (Å²) in [6.45, 7) is 1.26. The summed E-state index contributed by atoms with van der Waals surface area (Å²) in [6, 6.07) is 6.16. The fourth-order valence-electron chi connectivity index (χ4n) is 2.12. The Labute approximate surface area is 170 Å². The number of carbonyl (C=O) groups excluding carboxylic acids is 1. The topological polar surface area (TPSA) is 101 Å². The van der Waals surface area contributed by atoms with Crippen LogP contribution >= 0.6 is 27.5 Å².